The van der Waals surface area contributed by atoms with Crippen LogP contribution in [0.5, 0.6) is 0 Å². The molecule has 5 heteroatoms. The molecule has 160 valence electrons. The SMILES string of the molecule is Cc1cccnc1[C@H]1CCC[C@@H](c2ncccc2C)N1Cc1ccc(C=O)cc1CO. The number of hydrogen-bond donors (Lipinski definition) is 1. The number of aromatic nitrogens is 2. The van der Waals surface area contributed by atoms with Crippen molar-refractivity contribution >= 4 is 6.29 Å². The molecule has 1 aliphatic heterocycles. The Morgan fingerprint density at radius 1 is 0.968 bits per heavy atom. The molecule has 4 rings (SSSR count). The Hall–Kier alpha value is -2.89. The largest absolute Gasteiger partial charge is 0.392 e. The van der Waals surface area contributed by atoms with Gasteiger partial charge in [-0.25, -0.2) is 0 Å². The Labute approximate surface area is 183 Å². The fraction of sp³-hybridized carbons (Fsp3) is 0.346. The third-order valence-corrected chi connectivity index (χ3v) is 6.38. The molecule has 31 heavy (non-hydrogen) atoms. The Kier molecular flexibility index (Phi) is 6.54. The number of nitrogens with zero attached hydrogens (tertiary/aromatic N) is 3. The summed E-state index contributed by atoms with van der Waals surface area (Å²) in [6.45, 7) is 4.81. The molecule has 1 aromatic carbocycles. The average Bonchev–Trinajstić information content (AvgIpc) is 2.80. The van der Waals surface area contributed by atoms with Gasteiger partial charge in [-0.2, -0.15) is 0 Å². The topological polar surface area (TPSA) is 66.3 Å². The molecule has 1 saturated heterocycles. The predicted molar refractivity (Wildman–Crippen MR) is 121 cm³/mol. The maximum Gasteiger partial charge on any atom is 0.150 e. The summed E-state index contributed by atoms with van der Waals surface area (Å²) < 4.78 is 0. The molecule has 0 saturated carbocycles. The molecule has 1 aliphatic rings. The highest BCUT2D eigenvalue weighted by atomic mass is 16.3. The lowest BCUT2D eigenvalue weighted by Crippen LogP contribution is -2.37. The van der Waals surface area contributed by atoms with Crippen LogP contribution in [0.25, 0.3) is 0 Å². The van der Waals surface area contributed by atoms with Gasteiger partial charge in [0.25, 0.3) is 0 Å². The lowest BCUT2D eigenvalue weighted by Gasteiger charge is -2.43. The number of piperidine rings is 1. The third kappa shape index (κ3) is 4.43. The summed E-state index contributed by atoms with van der Waals surface area (Å²) in [5, 5.41) is 9.96. The minimum absolute atomic E-state index is 0.0918. The van der Waals surface area contributed by atoms with Crippen LogP contribution in [-0.2, 0) is 13.2 Å². The molecule has 1 fully saturated rings. The van der Waals surface area contributed by atoms with Gasteiger partial charge in [-0.05, 0) is 73.6 Å². The fourth-order valence-corrected chi connectivity index (χ4v) is 4.77. The molecule has 5 nitrogen and oxygen atoms in total. The zero-order valence-electron chi connectivity index (χ0n) is 18.2. The minimum atomic E-state index is -0.0918. The first-order chi connectivity index (χ1) is 15.1. The van der Waals surface area contributed by atoms with Crippen LogP contribution in [0.2, 0.25) is 0 Å². The number of hydrogen-bond acceptors (Lipinski definition) is 5. The second-order valence-corrected chi connectivity index (χ2v) is 8.35. The van der Waals surface area contributed by atoms with E-state index in [4.69, 9.17) is 9.97 Å². The van der Waals surface area contributed by atoms with E-state index in [1.54, 1.807) is 6.07 Å². The van der Waals surface area contributed by atoms with Gasteiger partial charge >= 0.3 is 0 Å². The van der Waals surface area contributed by atoms with Crippen LogP contribution < -0.4 is 0 Å². The summed E-state index contributed by atoms with van der Waals surface area (Å²) in [5.41, 5.74) is 7.01. The first kappa shape index (κ1) is 21.3. The van der Waals surface area contributed by atoms with Crippen molar-refractivity contribution in [2.75, 3.05) is 0 Å². The number of aldehydes is 1. The summed E-state index contributed by atoms with van der Waals surface area (Å²) in [7, 11) is 0. The van der Waals surface area contributed by atoms with E-state index in [1.807, 2.05) is 36.7 Å². The molecule has 0 amide bonds. The zero-order valence-corrected chi connectivity index (χ0v) is 18.2. The fourth-order valence-electron chi connectivity index (χ4n) is 4.77. The number of benzene rings is 1. The summed E-state index contributed by atoms with van der Waals surface area (Å²) in [6.07, 6.45) is 7.73. The highest BCUT2D eigenvalue weighted by molar-refractivity contribution is 5.75. The Morgan fingerprint density at radius 2 is 1.58 bits per heavy atom. The van der Waals surface area contributed by atoms with Gasteiger partial charge in [0.05, 0.1) is 30.1 Å². The second-order valence-electron chi connectivity index (χ2n) is 8.35. The third-order valence-electron chi connectivity index (χ3n) is 6.38. The molecule has 2 aromatic heterocycles. The molecule has 3 heterocycles. The van der Waals surface area contributed by atoms with E-state index in [0.29, 0.717) is 12.1 Å². The number of rotatable bonds is 6. The summed E-state index contributed by atoms with van der Waals surface area (Å²) >= 11 is 0. The van der Waals surface area contributed by atoms with Crippen molar-refractivity contribution in [2.24, 2.45) is 0 Å². The van der Waals surface area contributed by atoms with E-state index in [9.17, 15) is 9.90 Å². The van der Waals surface area contributed by atoms with Gasteiger partial charge in [0.15, 0.2) is 0 Å². The first-order valence-electron chi connectivity index (χ1n) is 10.9. The lowest BCUT2D eigenvalue weighted by molar-refractivity contribution is 0.0672. The Morgan fingerprint density at radius 3 is 2.10 bits per heavy atom. The van der Waals surface area contributed by atoms with Gasteiger partial charge < -0.3 is 5.11 Å². The van der Waals surface area contributed by atoms with E-state index in [0.717, 1.165) is 48.1 Å². The zero-order chi connectivity index (χ0) is 21.8. The van der Waals surface area contributed by atoms with Crippen LogP contribution >= 0.6 is 0 Å². The lowest BCUT2D eigenvalue weighted by atomic mass is 9.88. The van der Waals surface area contributed by atoms with Crippen LogP contribution in [0.15, 0.2) is 54.9 Å². The quantitative estimate of drug-likeness (QED) is 0.582. The molecule has 0 unspecified atom stereocenters. The smallest absolute Gasteiger partial charge is 0.150 e. The molecule has 0 bridgehead atoms. The maximum absolute atomic E-state index is 11.2. The van der Waals surface area contributed by atoms with Gasteiger partial charge in [-0.1, -0.05) is 24.3 Å². The summed E-state index contributed by atoms with van der Waals surface area (Å²) in [4.78, 5) is 23.2. The summed E-state index contributed by atoms with van der Waals surface area (Å²) in [6, 6.07) is 14.1. The van der Waals surface area contributed by atoms with E-state index >= 15 is 0 Å². The van der Waals surface area contributed by atoms with Crippen molar-refractivity contribution in [3.05, 3.63) is 94.1 Å². The molecular formula is C26H29N3O2. The standard InChI is InChI=1S/C26H29N3O2/c1-18-6-4-12-27-25(18)23-8-3-9-24(26-19(2)7-5-13-28-26)29(23)15-21-11-10-20(16-30)14-22(21)17-31/h4-7,10-14,16,23-24,31H,3,8-9,15,17H2,1-2H3/t23-,24+. The van der Waals surface area contributed by atoms with Crippen molar-refractivity contribution in [1.29, 1.82) is 0 Å². The van der Waals surface area contributed by atoms with Crippen molar-refractivity contribution in [1.82, 2.24) is 14.9 Å². The van der Waals surface area contributed by atoms with E-state index in [1.165, 1.54) is 11.1 Å². The molecule has 0 spiro atoms. The van der Waals surface area contributed by atoms with Crippen LogP contribution in [-0.4, -0.2) is 26.3 Å². The number of aliphatic hydroxyl groups excluding tert-OH is 1. The van der Waals surface area contributed by atoms with Crippen LogP contribution in [0, 0.1) is 13.8 Å². The Bertz CT molecular complexity index is 1010. The van der Waals surface area contributed by atoms with Crippen molar-refractivity contribution in [3.8, 4) is 0 Å². The molecule has 3 aromatic rings. The average molecular weight is 416 g/mol. The molecule has 1 N–H and O–H groups in total. The number of carbonyl (C=O) groups excluding carboxylic acids is 1. The number of aryl methyl sites for hydroxylation is 2. The van der Waals surface area contributed by atoms with Crippen molar-refractivity contribution in [2.45, 2.75) is 58.3 Å². The maximum atomic E-state index is 11.2. The Balaban J connectivity index is 1.79. The van der Waals surface area contributed by atoms with Crippen molar-refractivity contribution < 1.29 is 9.90 Å². The van der Waals surface area contributed by atoms with Crippen LogP contribution in [0.4, 0.5) is 0 Å². The molecule has 0 radical (unpaired) electrons. The van der Waals surface area contributed by atoms with Gasteiger partial charge in [0.2, 0.25) is 0 Å². The number of aliphatic hydroxyl groups is 1. The monoisotopic (exact) mass is 415 g/mol. The molecular weight excluding hydrogens is 386 g/mol. The van der Waals surface area contributed by atoms with Crippen molar-refractivity contribution in [3.63, 3.8) is 0 Å². The highest BCUT2D eigenvalue weighted by Crippen LogP contribution is 2.43. The normalized spacial score (nSPS) is 19.3. The molecule has 0 aliphatic carbocycles. The highest BCUT2D eigenvalue weighted by Gasteiger charge is 2.35. The van der Waals surface area contributed by atoms with Gasteiger partial charge in [0, 0.05) is 24.5 Å². The van der Waals surface area contributed by atoms with Gasteiger partial charge in [-0.3, -0.25) is 19.7 Å². The molecule has 2 atom stereocenters. The van der Waals surface area contributed by atoms with E-state index in [2.05, 4.69) is 30.9 Å². The van der Waals surface area contributed by atoms with E-state index in [-0.39, 0.29) is 18.7 Å². The first-order valence-corrected chi connectivity index (χ1v) is 10.9. The van der Waals surface area contributed by atoms with Crippen LogP contribution in [0.3, 0.4) is 0 Å². The second kappa shape index (κ2) is 9.50. The van der Waals surface area contributed by atoms with Gasteiger partial charge in [0.1, 0.15) is 6.29 Å². The number of pyridine rings is 2. The predicted octanol–water partition coefficient (Wildman–Crippen LogP) is 4.87. The number of likely N-dealkylation sites (tertiary alicyclic amines) is 1. The van der Waals surface area contributed by atoms with E-state index < -0.39 is 0 Å². The minimum Gasteiger partial charge on any atom is -0.392 e. The number of carbonyl (C=O) groups is 1. The summed E-state index contributed by atoms with van der Waals surface area (Å²) in [5.74, 6) is 0. The van der Waals surface area contributed by atoms with Gasteiger partial charge in [-0.15, -0.1) is 0 Å². The van der Waals surface area contributed by atoms with Crippen LogP contribution in [0.1, 0.15) is 75.3 Å².